The van der Waals surface area contributed by atoms with Crippen LogP contribution in [0.15, 0.2) is 0 Å². The Kier molecular flexibility index (Phi) is 403. The van der Waals surface area contributed by atoms with Crippen LogP contribution in [0.1, 0.15) is 0 Å². The molecule has 0 atom stereocenters. The molecule has 7 heavy (non-hydrogen) atoms. The van der Waals surface area contributed by atoms with Crippen molar-refractivity contribution >= 4 is 0 Å². The van der Waals surface area contributed by atoms with Gasteiger partial charge in [0.05, 0.1) is 0 Å². The fourth-order valence-electron chi connectivity index (χ4n) is 0. The summed E-state index contributed by atoms with van der Waals surface area (Å²) in [5.74, 6) is 0. The molecule has 0 bridgehead atoms. The first-order valence-corrected chi connectivity index (χ1v) is 0. The van der Waals surface area contributed by atoms with E-state index >= 15 is 0 Å². The predicted octanol–water partition coefficient (Wildman–Crippen LogP) is -0.0175. The summed E-state index contributed by atoms with van der Waals surface area (Å²) in [6, 6.07) is 0. The van der Waals surface area contributed by atoms with E-state index in [1.165, 1.54) is 0 Å². The number of hydrogen-bond acceptors (Lipinski definition) is 0. The molecule has 0 rings (SSSR count). The van der Waals surface area contributed by atoms with Gasteiger partial charge in [-0.1, -0.05) is 0 Å². The maximum Gasteiger partial charge on any atom is 0 e. The molecule has 0 aromatic heterocycles. The Hall–Kier alpha value is 4.62. The molecule has 0 spiro atoms. The van der Waals surface area contributed by atoms with Crippen molar-refractivity contribution in [1.29, 1.82) is 0 Å². The van der Waals surface area contributed by atoms with E-state index < -0.39 is 0 Å². The Balaban J connectivity index is 0. The maximum absolute atomic E-state index is 0. The molecule has 0 aromatic carbocycles. The van der Waals surface area contributed by atoms with Crippen LogP contribution in [0, 0.1) is 0 Å². The summed E-state index contributed by atoms with van der Waals surface area (Å²) >= 11 is 0. The first-order chi connectivity index (χ1) is 0. The molecule has 0 nitrogen and oxygen atoms in total. The zero-order chi connectivity index (χ0) is 0. The maximum atomic E-state index is 0. The smallest absolute Gasteiger partial charge is 0 e. The SMILES string of the molecule is [Zn].[Zn].[Zn].[Zn].[Zn].[Zn].[Zr]. The molecule has 0 amide bonds. The van der Waals surface area contributed by atoms with Gasteiger partial charge in [0.2, 0.25) is 0 Å². The van der Waals surface area contributed by atoms with Gasteiger partial charge in [0, 0.05) is 143 Å². The molecule has 0 aliphatic rings. The molecule has 0 heterocycles. The Morgan fingerprint density at radius 1 is 0.286 bits per heavy atom. The summed E-state index contributed by atoms with van der Waals surface area (Å²) in [5, 5.41) is 0. The van der Waals surface area contributed by atoms with Gasteiger partial charge in [0.15, 0.2) is 0 Å². The van der Waals surface area contributed by atoms with Crippen LogP contribution in [0.25, 0.3) is 0 Å². The molecular formula is Zn6Zr. The Morgan fingerprint density at radius 2 is 0.286 bits per heavy atom. The summed E-state index contributed by atoms with van der Waals surface area (Å²) in [5.41, 5.74) is 0. The van der Waals surface area contributed by atoms with E-state index in [0.717, 1.165) is 0 Å². The minimum atomic E-state index is 0. The van der Waals surface area contributed by atoms with Crippen LogP contribution < -0.4 is 0 Å². The Bertz CT molecular complexity index is 4.14. The van der Waals surface area contributed by atoms with Crippen molar-refractivity contribution in [3.8, 4) is 0 Å². The molecule has 0 aromatic rings. The second-order valence-electron chi connectivity index (χ2n) is 0. The third kappa shape index (κ3) is 37.0. The third-order valence-electron chi connectivity index (χ3n) is 0. The molecule has 0 N–H and O–H groups in total. The van der Waals surface area contributed by atoms with E-state index in [-0.39, 0.29) is 143 Å². The molecule has 0 saturated carbocycles. The minimum Gasteiger partial charge on any atom is 0 e. The van der Waals surface area contributed by atoms with E-state index in [9.17, 15) is 0 Å². The van der Waals surface area contributed by atoms with Crippen LogP contribution in [0.4, 0.5) is 0 Å². The van der Waals surface area contributed by atoms with E-state index in [0.29, 0.717) is 0 Å². The minimum absolute atomic E-state index is 0. The zero-order valence-electron chi connectivity index (χ0n) is 4.74. The Morgan fingerprint density at radius 3 is 0.286 bits per heavy atom. The van der Waals surface area contributed by atoms with E-state index in [1.54, 1.807) is 0 Å². The second kappa shape index (κ2) is 46.0. The molecule has 7 heteroatoms. The van der Waals surface area contributed by atoms with Gasteiger partial charge in [-0.3, -0.25) is 0 Å². The standard InChI is InChI=1S/6Zn.Zr. The van der Waals surface area contributed by atoms with Gasteiger partial charge >= 0.3 is 0 Å². The van der Waals surface area contributed by atoms with Gasteiger partial charge < -0.3 is 0 Å². The van der Waals surface area contributed by atoms with Crippen molar-refractivity contribution in [3.05, 3.63) is 0 Å². The fraction of sp³-hybridized carbons (Fsp3) is 0. The van der Waals surface area contributed by atoms with Crippen molar-refractivity contribution in [2.24, 2.45) is 0 Å². The van der Waals surface area contributed by atoms with E-state index in [1.807, 2.05) is 0 Å². The van der Waals surface area contributed by atoms with Crippen LogP contribution in [0.3, 0.4) is 0 Å². The molecule has 0 radical (unpaired) electrons. The monoisotopic (exact) mass is 473 g/mol. The molecule has 0 unspecified atom stereocenters. The van der Waals surface area contributed by atoms with Crippen molar-refractivity contribution in [2.45, 2.75) is 0 Å². The number of hydrogen-bond donors (Lipinski definition) is 0. The summed E-state index contributed by atoms with van der Waals surface area (Å²) < 4.78 is 0. The van der Waals surface area contributed by atoms with Crippen LogP contribution in [-0.4, -0.2) is 0 Å². The van der Waals surface area contributed by atoms with Crippen LogP contribution in [0.2, 0.25) is 0 Å². The Labute approximate surface area is 140 Å². The summed E-state index contributed by atoms with van der Waals surface area (Å²) in [7, 11) is 0. The number of rotatable bonds is 0. The molecule has 0 aliphatic heterocycles. The van der Waals surface area contributed by atoms with Gasteiger partial charge in [-0.2, -0.15) is 0 Å². The average Bonchev–Trinajstić information content (AvgIpc) is 0. The van der Waals surface area contributed by atoms with Crippen molar-refractivity contribution in [1.82, 2.24) is 0 Å². The van der Waals surface area contributed by atoms with E-state index in [2.05, 4.69) is 0 Å². The molecule has 16 valence electrons. The van der Waals surface area contributed by atoms with Crippen LogP contribution in [-0.2, 0) is 143 Å². The van der Waals surface area contributed by atoms with Gasteiger partial charge in [-0.15, -0.1) is 0 Å². The normalized spacial score (nSPS) is 0. The van der Waals surface area contributed by atoms with Crippen LogP contribution in [0.5, 0.6) is 0 Å². The first kappa shape index (κ1) is 61.4. The zero-order valence-corrected chi connectivity index (χ0v) is 25.0. The first-order valence-electron chi connectivity index (χ1n) is 0. The van der Waals surface area contributed by atoms with Gasteiger partial charge in [-0.05, 0) is 0 Å². The third-order valence-corrected chi connectivity index (χ3v) is 0. The van der Waals surface area contributed by atoms with Crippen molar-refractivity contribution in [2.75, 3.05) is 0 Å². The average molecular weight is 484 g/mol. The summed E-state index contributed by atoms with van der Waals surface area (Å²) in [6.45, 7) is 0. The quantitative estimate of drug-likeness (QED) is 0.425. The summed E-state index contributed by atoms with van der Waals surface area (Å²) in [6.07, 6.45) is 0. The predicted molar refractivity (Wildman–Crippen MR) is 0 cm³/mol. The molecular weight excluding hydrogens is 484 g/mol. The molecule has 0 saturated heterocycles. The van der Waals surface area contributed by atoms with Gasteiger partial charge in [-0.25, -0.2) is 0 Å². The van der Waals surface area contributed by atoms with E-state index in [4.69, 9.17) is 0 Å². The van der Waals surface area contributed by atoms with Gasteiger partial charge in [0.25, 0.3) is 0 Å². The molecule has 0 fully saturated rings. The second-order valence-corrected chi connectivity index (χ2v) is 0. The largest absolute Gasteiger partial charge is 0 e. The summed E-state index contributed by atoms with van der Waals surface area (Å²) in [4.78, 5) is 0. The molecule has 0 aliphatic carbocycles. The van der Waals surface area contributed by atoms with Crippen LogP contribution >= 0.6 is 0 Å². The fourth-order valence-corrected chi connectivity index (χ4v) is 0. The van der Waals surface area contributed by atoms with Gasteiger partial charge in [0.1, 0.15) is 0 Å². The topological polar surface area (TPSA) is 0 Å². The van der Waals surface area contributed by atoms with Crippen molar-refractivity contribution < 1.29 is 143 Å². The van der Waals surface area contributed by atoms with Crippen molar-refractivity contribution in [3.63, 3.8) is 0 Å².